The highest BCUT2D eigenvalue weighted by atomic mass is 35.5. The van der Waals surface area contributed by atoms with Gasteiger partial charge in [-0.25, -0.2) is 0 Å². The molecule has 23 heavy (non-hydrogen) atoms. The Morgan fingerprint density at radius 1 is 1.13 bits per heavy atom. The molecular formula is C16H12ClF3O3. The first-order valence-corrected chi connectivity index (χ1v) is 6.95. The van der Waals surface area contributed by atoms with Gasteiger partial charge in [-0.2, -0.15) is 0 Å². The van der Waals surface area contributed by atoms with Gasteiger partial charge in [-0.05, 0) is 35.4 Å². The van der Waals surface area contributed by atoms with Crippen molar-refractivity contribution >= 4 is 17.6 Å². The van der Waals surface area contributed by atoms with E-state index < -0.39 is 18.2 Å². The van der Waals surface area contributed by atoms with E-state index in [1.807, 2.05) is 0 Å². The Morgan fingerprint density at radius 3 is 2.35 bits per heavy atom. The van der Waals surface area contributed by atoms with E-state index in [0.29, 0.717) is 16.1 Å². The first-order chi connectivity index (χ1) is 10.7. The van der Waals surface area contributed by atoms with E-state index in [1.54, 1.807) is 30.3 Å². The lowest BCUT2D eigenvalue weighted by Gasteiger charge is -2.17. The van der Waals surface area contributed by atoms with E-state index in [1.165, 1.54) is 12.1 Å². The van der Waals surface area contributed by atoms with Crippen molar-refractivity contribution in [1.82, 2.24) is 0 Å². The molecule has 0 saturated heterocycles. The fraction of sp³-hybridized carbons (Fsp3) is 0.188. The normalized spacial score (nSPS) is 12.7. The molecule has 0 aliphatic carbocycles. The Bertz CT molecular complexity index is 684. The smallest absolute Gasteiger partial charge is 0.481 e. The largest absolute Gasteiger partial charge is 0.573 e. The van der Waals surface area contributed by atoms with E-state index in [-0.39, 0.29) is 12.2 Å². The van der Waals surface area contributed by atoms with Crippen LogP contribution < -0.4 is 4.74 Å². The first-order valence-electron chi connectivity index (χ1n) is 6.57. The molecule has 0 spiro atoms. The number of halogens is 4. The minimum absolute atomic E-state index is 0.267. The summed E-state index contributed by atoms with van der Waals surface area (Å²) in [5.74, 6) is -2.06. The highest BCUT2D eigenvalue weighted by molar-refractivity contribution is 6.30. The van der Waals surface area contributed by atoms with Crippen molar-refractivity contribution in [3.05, 3.63) is 64.7 Å². The Hall–Kier alpha value is -2.21. The van der Waals surface area contributed by atoms with Crippen LogP contribution >= 0.6 is 11.6 Å². The number of alkyl halides is 3. The lowest BCUT2D eigenvalue weighted by molar-refractivity contribution is -0.274. The van der Waals surface area contributed by atoms with Crippen molar-refractivity contribution in [2.24, 2.45) is 0 Å². The minimum Gasteiger partial charge on any atom is -0.481 e. The van der Waals surface area contributed by atoms with Gasteiger partial charge >= 0.3 is 12.3 Å². The molecule has 2 aromatic rings. The monoisotopic (exact) mass is 344 g/mol. The van der Waals surface area contributed by atoms with Crippen LogP contribution in [0.3, 0.4) is 0 Å². The fourth-order valence-corrected chi connectivity index (χ4v) is 2.35. The second kappa shape index (κ2) is 6.91. The summed E-state index contributed by atoms with van der Waals surface area (Å²) >= 11 is 5.80. The van der Waals surface area contributed by atoms with Crippen LogP contribution in [0.15, 0.2) is 48.5 Å². The minimum atomic E-state index is -4.80. The first kappa shape index (κ1) is 17.1. The second-order valence-electron chi connectivity index (χ2n) is 4.82. The van der Waals surface area contributed by atoms with Gasteiger partial charge in [-0.15, -0.1) is 13.2 Å². The standard InChI is InChI=1S/C16H12ClF3O3/c17-12-6-4-10(5-7-12)14(9-15(21)22)11-2-1-3-13(8-11)23-16(18,19)20/h1-8,14H,9H2,(H,21,22)/t14-/m0/s1. The third-order valence-electron chi connectivity index (χ3n) is 3.15. The number of aliphatic carboxylic acids is 1. The van der Waals surface area contributed by atoms with Crippen LogP contribution in [0.1, 0.15) is 23.5 Å². The average Bonchev–Trinajstić information content (AvgIpc) is 2.44. The van der Waals surface area contributed by atoms with Gasteiger partial charge in [0.1, 0.15) is 5.75 Å². The van der Waals surface area contributed by atoms with Crippen LogP contribution in [0.5, 0.6) is 5.75 Å². The molecule has 7 heteroatoms. The van der Waals surface area contributed by atoms with Gasteiger partial charge in [-0.3, -0.25) is 4.79 Å². The number of carbonyl (C=O) groups is 1. The molecule has 0 unspecified atom stereocenters. The molecule has 0 fully saturated rings. The molecule has 122 valence electrons. The number of ether oxygens (including phenoxy) is 1. The van der Waals surface area contributed by atoms with Crippen LogP contribution in [0.4, 0.5) is 13.2 Å². The van der Waals surface area contributed by atoms with E-state index in [2.05, 4.69) is 4.74 Å². The lowest BCUT2D eigenvalue weighted by Crippen LogP contribution is -2.17. The van der Waals surface area contributed by atoms with Crippen molar-refractivity contribution in [3.8, 4) is 5.75 Å². The third-order valence-corrected chi connectivity index (χ3v) is 3.40. The Labute approximate surface area is 135 Å². The van der Waals surface area contributed by atoms with Gasteiger partial charge in [0.25, 0.3) is 0 Å². The molecular weight excluding hydrogens is 333 g/mol. The van der Waals surface area contributed by atoms with Crippen LogP contribution in [-0.2, 0) is 4.79 Å². The zero-order chi connectivity index (χ0) is 17.0. The summed E-state index contributed by atoms with van der Waals surface area (Å²) < 4.78 is 40.8. The summed E-state index contributed by atoms with van der Waals surface area (Å²) in [6, 6.07) is 11.8. The summed E-state index contributed by atoms with van der Waals surface area (Å²) in [5, 5.41) is 9.56. The van der Waals surface area contributed by atoms with Crippen LogP contribution in [-0.4, -0.2) is 17.4 Å². The van der Waals surface area contributed by atoms with Crippen molar-refractivity contribution in [3.63, 3.8) is 0 Å². The summed E-state index contributed by atoms with van der Waals surface area (Å²) in [5.41, 5.74) is 1.05. The van der Waals surface area contributed by atoms with Gasteiger partial charge in [0, 0.05) is 10.9 Å². The molecule has 2 aromatic carbocycles. The average molecular weight is 345 g/mol. The summed E-state index contributed by atoms with van der Waals surface area (Å²) in [4.78, 5) is 11.1. The molecule has 0 aliphatic rings. The Balaban J connectivity index is 2.37. The Morgan fingerprint density at radius 2 is 1.78 bits per heavy atom. The van der Waals surface area contributed by atoms with Crippen LogP contribution in [0, 0.1) is 0 Å². The summed E-state index contributed by atoms with van der Waals surface area (Å²) in [7, 11) is 0. The van der Waals surface area contributed by atoms with E-state index in [4.69, 9.17) is 16.7 Å². The van der Waals surface area contributed by atoms with Gasteiger partial charge in [0.15, 0.2) is 0 Å². The van der Waals surface area contributed by atoms with Crippen molar-refractivity contribution in [2.45, 2.75) is 18.7 Å². The van der Waals surface area contributed by atoms with Gasteiger partial charge in [0.2, 0.25) is 0 Å². The van der Waals surface area contributed by atoms with Gasteiger partial charge in [0.05, 0.1) is 6.42 Å². The topological polar surface area (TPSA) is 46.5 Å². The maximum Gasteiger partial charge on any atom is 0.573 e. The van der Waals surface area contributed by atoms with Crippen molar-refractivity contribution in [1.29, 1.82) is 0 Å². The van der Waals surface area contributed by atoms with Crippen molar-refractivity contribution < 1.29 is 27.8 Å². The molecule has 0 amide bonds. The molecule has 0 aliphatic heterocycles. The second-order valence-corrected chi connectivity index (χ2v) is 5.26. The summed E-state index contributed by atoms with van der Waals surface area (Å²) in [6.45, 7) is 0. The van der Waals surface area contributed by atoms with E-state index in [0.717, 1.165) is 6.07 Å². The molecule has 1 atom stereocenters. The lowest BCUT2D eigenvalue weighted by atomic mass is 9.88. The molecule has 2 rings (SSSR count). The van der Waals surface area contributed by atoms with E-state index in [9.17, 15) is 18.0 Å². The van der Waals surface area contributed by atoms with Gasteiger partial charge in [-0.1, -0.05) is 35.9 Å². The number of benzene rings is 2. The van der Waals surface area contributed by atoms with E-state index >= 15 is 0 Å². The molecule has 0 bridgehead atoms. The number of rotatable bonds is 5. The number of hydrogen-bond acceptors (Lipinski definition) is 2. The molecule has 0 aromatic heterocycles. The number of carboxylic acids is 1. The summed E-state index contributed by atoms with van der Waals surface area (Å²) in [6.07, 6.45) is -5.07. The quantitative estimate of drug-likeness (QED) is 0.843. The third kappa shape index (κ3) is 5.17. The molecule has 0 radical (unpaired) electrons. The molecule has 3 nitrogen and oxygen atoms in total. The fourth-order valence-electron chi connectivity index (χ4n) is 2.23. The highest BCUT2D eigenvalue weighted by Crippen LogP contribution is 2.32. The number of carboxylic acid groups (broad SMARTS) is 1. The SMILES string of the molecule is O=C(O)C[C@@H](c1ccc(Cl)cc1)c1cccc(OC(F)(F)F)c1. The van der Waals surface area contributed by atoms with Crippen LogP contribution in [0.2, 0.25) is 5.02 Å². The highest BCUT2D eigenvalue weighted by Gasteiger charge is 2.31. The number of hydrogen-bond donors (Lipinski definition) is 1. The maximum absolute atomic E-state index is 12.3. The zero-order valence-electron chi connectivity index (χ0n) is 11.7. The van der Waals surface area contributed by atoms with Gasteiger partial charge < -0.3 is 9.84 Å². The van der Waals surface area contributed by atoms with Crippen LogP contribution in [0.25, 0.3) is 0 Å². The predicted octanol–water partition coefficient (Wildman–Crippen LogP) is 4.85. The Kier molecular flexibility index (Phi) is 5.15. The molecule has 0 heterocycles. The molecule has 1 N–H and O–H groups in total. The maximum atomic E-state index is 12.3. The zero-order valence-corrected chi connectivity index (χ0v) is 12.4. The van der Waals surface area contributed by atoms with Crippen molar-refractivity contribution in [2.75, 3.05) is 0 Å². The predicted molar refractivity (Wildman–Crippen MR) is 78.7 cm³/mol. The molecule has 0 saturated carbocycles.